The van der Waals surface area contributed by atoms with E-state index in [1.165, 1.54) is 116 Å². The fourth-order valence-electron chi connectivity index (χ4n) is 4.98. The second-order valence-electron chi connectivity index (χ2n) is 11.4. The molecule has 0 aromatic heterocycles. The molecule has 0 aromatic rings. The molecule has 0 heterocycles. The van der Waals surface area contributed by atoms with Gasteiger partial charge in [-0.3, -0.25) is 0 Å². The Balaban J connectivity index is 3.24. The lowest BCUT2D eigenvalue weighted by Crippen LogP contribution is -2.29. The highest BCUT2D eigenvalue weighted by molar-refractivity contribution is 4.63. The zero-order chi connectivity index (χ0) is 26.4. The van der Waals surface area contributed by atoms with E-state index in [1.54, 1.807) is 0 Å². The summed E-state index contributed by atoms with van der Waals surface area (Å²) in [5.74, 6) is 0. The van der Waals surface area contributed by atoms with Gasteiger partial charge in [0.1, 0.15) is 0 Å². The monoisotopic (exact) mass is 513 g/mol. The van der Waals surface area contributed by atoms with Gasteiger partial charge in [0, 0.05) is 13.1 Å². The van der Waals surface area contributed by atoms with E-state index < -0.39 is 0 Å². The Kier molecular flexibility index (Phi) is 30.9. The third-order valence-electron chi connectivity index (χ3n) is 7.50. The first-order chi connectivity index (χ1) is 17.7. The molecular weight excluding hydrogens is 444 g/mol. The van der Waals surface area contributed by atoms with Gasteiger partial charge in [-0.1, -0.05) is 142 Å². The molecular formula is C32H68N2O2. The summed E-state index contributed by atoms with van der Waals surface area (Å²) < 4.78 is 0. The first-order valence-corrected chi connectivity index (χ1v) is 16.5. The summed E-state index contributed by atoms with van der Waals surface area (Å²) in [6.07, 6.45) is 30.6. The van der Waals surface area contributed by atoms with Gasteiger partial charge in [-0.25, -0.2) is 0 Å². The molecule has 0 bridgehead atoms. The number of rotatable bonds is 31. The Morgan fingerprint density at radius 2 is 0.667 bits per heavy atom. The van der Waals surface area contributed by atoms with Crippen LogP contribution in [0.3, 0.4) is 0 Å². The number of aliphatic hydroxyl groups is 2. The third kappa shape index (κ3) is 30.1. The number of hydrogen-bond acceptors (Lipinski definition) is 4. The van der Waals surface area contributed by atoms with Crippen LogP contribution in [0.15, 0.2) is 0 Å². The second-order valence-corrected chi connectivity index (χ2v) is 11.4. The zero-order valence-electron chi connectivity index (χ0n) is 24.8. The minimum atomic E-state index is -0.196. The molecule has 218 valence electrons. The molecule has 4 nitrogen and oxygen atoms in total. The first kappa shape index (κ1) is 35.8. The molecule has 0 rings (SSSR count). The van der Waals surface area contributed by atoms with Gasteiger partial charge < -0.3 is 20.8 Å². The van der Waals surface area contributed by atoms with Gasteiger partial charge in [-0.15, -0.1) is 0 Å². The molecule has 0 aliphatic heterocycles. The van der Waals surface area contributed by atoms with Crippen molar-refractivity contribution in [2.24, 2.45) is 0 Å². The van der Waals surface area contributed by atoms with Crippen molar-refractivity contribution < 1.29 is 10.2 Å². The summed E-state index contributed by atoms with van der Waals surface area (Å²) in [7, 11) is 0. The van der Waals surface area contributed by atoms with Crippen LogP contribution in [0, 0.1) is 0 Å². The van der Waals surface area contributed by atoms with Crippen molar-refractivity contribution in [3.8, 4) is 0 Å². The molecule has 0 saturated carbocycles. The SMILES string of the molecule is CCCCCCCCCCCCC(O)CNCCCCNCC(O)CCCCCCCCCCCC. The van der Waals surface area contributed by atoms with Crippen LogP contribution in [-0.2, 0) is 0 Å². The normalized spacial score (nSPS) is 13.3. The first-order valence-electron chi connectivity index (χ1n) is 16.5. The standard InChI is InChI=1S/C32H68N2O2/c1-3-5-7-9-11-13-15-17-19-21-25-31(35)29-33-27-23-24-28-34-30-32(36)26-22-20-18-16-14-12-10-8-6-4-2/h31-36H,3-30H2,1-2H3. The third-order valence-corrected chi connectivity index (χ3v) is 7.50. The van der Waals surface area contributed by atoms with Gasteiger partial charge in [0.15, 0.2) is 0 Å². The van der Waals surface area contributed by atoms with Crippen molar-refractivity contribution in [2.45, 2.75) is 180 Å². The second kappa shape index (κ2) is 31.1. The Bertz CT molecular complexity index is 358. The summed E-state index contributed by atoms with van der Waals surface area (Å²) in [4.78, 5) is 0. The van der Waals surface area contributed by atoms with Gasteiger partial charge >= 0.3 is 0 Å². The molecule has 0 fully saturated rings. The van der Waals surface area contributed by atoms with Gasteiger partial charge in [0.2, 0.25) is 0 Å². The molecule has 2 atom stereocenters. The predicted molar refractivity (Wildman–Crippen MR) is 160 cm³/mol. The molecule has 36 heavy (non-hydrogen) atoms. The predicted octanol–water partition coefficient (Wildman–Crippen LogP) is 8.29. The van der Waals surface area contributed by atoms with Crippen molar-refractivity contribution in [1.29, 1.82) is 0 Å². The topological polar surface area (TPSA) is 64.5 Å². The van der Waals surface area contributed by atoms with E-state index in [4.69, 9.17) is 0 Å². The maximum atomic E-state index is 10.1. The molecule has 4 N–H and O–H groups in total. The summed E-state index contributed by atoms with van der Waals surface area (Å²) in [6.45, 7) is 7.94. The molecule has 4 heteroatoms. The number of unbranched alkanes of at least 4 members (excludes halogenated alkanes) is 19. The number of nitrogens with one attached hydrogen (secondary N) is 2. The fourth-order valence-corrected chi connectivity index (χ4v) is 4.98. The molecule has 0 radical (unpaired) electrons. The highest BCUT2D eigenvalue weighted by Gasteiger charge is 2.05. The van der Waals surface area contributed by atoms with Gasteiger partial charge in [-0.05, 0) is 38.8 Å². The Hall–Kier alpha value is -0.160. The Morgan fingerprint density at radius 1 is 0.389 bits per heavy atom. The van der Waals surface area contributed by atoms with Crippen LogP contribution in [0.2, 0.25) is 0 Å². The molecule has 0 spiro atoms. The van der Waals surface area contributed by atoms with Crippen LogP contribution in [-0.4, -0.2) is 48.6 Å². The summed E-state index contributed by atoms with van der Waals surface area (Å²) in [5, 5.41) is 27.1. The van der Waals surface area contributed by atoms with E-state index in [-0.39, 0.29) is 12.2 Å². The lowest BCUT2D eigenvalue weighted by molar-refractivity contribution is 0.156. The molecule has 0 aliphatic rings. The molecule has 0 aromatic carbocycles. The Morgan fingerprint density at radius 3 is 0.972 bits per heavy atom. The Labute approximate surface area is 227 Å². The van der Waals surface area contributed by atoms with Gasteiger partial charge in [0.25, 0.3) is 0 Å². The van der Waals surface area contributed by atoms with E-state index in [0.717, 1.165) is 64.7 Å². The average Bonchev–Trinajstić information content (AvgIpc) is 2.87. The van der Waals surface area contributed by atoms with Crippen molar-refractivity contribution in [3.63, 3.8) is 0 Å². The minimum absolute atomic E-state index is 0.196. The summed E-state index contributed by atoms with van der Waals surface area (Å²) in [5.41, 5.74) is 0. The highest BCUT2D eigenvalue weighted by Crippen LogP contribution is 2.13. The molecule has 0 saturated heterocycles. The van der Waals surface area contributed by atoms with Crippen LogP contribution < -0.4 is 10.6 Å². The average molecular weight is 513 g/mol. The lowest BCUT2D eigenvalue weighted by atomic mass is 10.0. The molecule has 0 aliphatic carbocycles. The van der Waals surface area contributed by atoms with Gasteiger partial charge in [0.05, 0.1) is 12.2 Å². The van der Waals surface area contributed by atoms with E-state index in [1.807, 2.05) is 0 Å². The minimum Gasteiger partial charge on any atom is -0.392 e. The van der Waals surface area contributed by atoms with Crippen LogP contribution in [0.25, 0.3) is 0 Å². The molecule has 2 unspecified atom stereocenters. The van der Waals surface area contributed by atoms with E-state index in [9.17, 15) is 10.2 Å². The fraction of sp³-hybridized carbons (Fsp3) is 1.00. The number of hydrogen-bond donors (Lipinski definition) is 4. The van der Waals surface area contributed by atoms with Crippen LogP contribution in [0.5, 0.6) is 0 Å². The quantitative estimate of drug-likeness (QED) is 0.0705. The maximum absolute atomic E-state index is 10.1. The largest absolute Gasteiger partial charge is 0.392 e. The van der Waals surface area contributed by atoms with Crippen molar-refractivity contribution in [3.05, 3.63) is 0 Å². The van der Waals surface area contributed by atoms with Gasteiger partial charge in [-0.2, -0.15) is 0 Å². The van der Waals surface area contributed by atoms with Crippen LogP contribution in [0.1, 0.15) is 168 Å². The smallest absolute Gasteiger partial charge is 0.0664 e. The summed E-state index contributed by atoms with van der Waals surface area (Å²) >= 11 is 0. The van der Waals surface area contributed by atoms with E-state index in [0.29, 0.717) is 0 Å². The van der Waals surface area contributed by atoms with Crippen LogP contribution in [0.4, 0.5) is 0 Å². The van der Waals surface area contributed by atoms with Crippen LogP contribution >= 0.6 is 0 Å². The molecule has 0 amide bonds. The summed E-state index contributed by atoms with van der Waals surface area (Å²) in [6, 6.07) is 0. The van der Waals surface area contributed by atoms with E-state index in [2.05, 4.69) is 24.5 Å². The highest BCUT2D eigenvalue weighted by atomic mass is 16.3. The van der Waals surface area contributed by atoms with E-state index >= 15 is 0 Å². The maximum Gasteiger partial charge on any atom is 0.0664 e. The van der Waals surface area contributed by atoms with Crippen molar-refractivity contribution in [2.75, 3.05) is 26.2 Å². The van der Waals surface area contributed by atoms with Crippen molar-refractivity contribution >= 4 is 0 Å². The van der Waals surface area contributed by atoms with Crippen molar-refractivity contribution in [1.82, 2.24) is 10.6 Å². The zero-order valence-corrected chi connectivity index (χ0v) is 24.8. The number of aliphatic hydroxyl groups excluding tert-OH is 2. The lowest BCUT2D eigenvalue weighted by Gasteiger charge is -2.13.